The van der Waals surface area contributed by atoms with Gasteiger partial charge in [-0.05, 0) is 42.8 Å². The highest BCUT2D eigenvalue weighted by Crippen LogP contribution is 2.14. The number of carbonyl (C=O) groups excluding carboxylic acids is 1. The van der Waals surface area contributed by atoms with E-state index in [1.165, 1.54) is 0 Å². The second-order valence-corrected chi connectivity index (χ2v) is 4.32. The second kappa shape index (κ2) is 6.05. The summed E-state index contributed by atoms with van der Waals surface area (Å²) in [4.78, 5) is 12.0. The number of hydrogen-bond acceptors (Lipinski definition) is 3. The predicted molar refractivity (Wildman–Crippen MR) is 77.0 cm³/mol. The largest absolute Gasteiger partial charge is 0.497 e. The van der Waals surface area contributed by atoms with Gasteiger partial charge >= 0.3 is 0 Å². The molecule has 0 amide bonds. The number of hydrogen-bond donors (Lipinski definition) is 1. The van der Waals surface area contributed by atoms with E-state index < -0.39 is 0 Å². The summed E-state index contributed by atoms with van der Waals surface area (Å²) in [7, 11) is 1.61. The Morgan fingerprint density at radius 3 is 2.42 bits per heavy atom. The summed E-state index contributed by atoms with van der Waals surface area (Å²) in [6, 6.07) is 15.1. The molecule has 1 N–H and O–H groups in total. The van der Waals surface area contributed by atoms with E-state index in [1.807, 2.05) is 31.2 Å². The summed E-state index contributed by atoms with van der Waals surface area (Å²) in [5, 5.41) is 3.16. The van der Waals surface area contributed by atoms with Crippen molar-refractivity contribution in [2.24, 2.45) is 0 Å². The molecule has 98 valence electrons. The Bertz CT molecular complexity index is 561. The van der Waals surface area contributed by atoms with Crippen LogP contribution >= 0.6 is 0 Å². The van der Waals surface area contributed by atoms with E-state index in [0.717, 1.165) is 17.0 Å². The van der Waals surface area contributed by atoms with Crippen molar-refractivity contribution in [2.75, 3.05) is 19.0 Å². The van der Waals surface area contributed by atoms with Crippen LogP contribution in [0.5, 0.6) is 5.75 Å². The molecule has 0 saturated carbocycles. The molecule has 0 heterocycles. The molecule has 2 aromatic rings. The Balaban J connectivity index is 1.99. The summed E-state index contributed by atoms with van der Waals surface area (Å²) in [6.07, 6.45) is 0. The Morgan fingerprint density at radius 2 is 1.79 bits per heavy atom. The van der Waals surface area contributed by atoms with Crippen LogP contribution in [-0.2, 0) is 0 Å². The number of benzene rings is 2. The quantitative estimate of drug-likeness (QED) is 0.833. The maximum atomic E-state index is 12.0. The van der Waals surface area contributed by atoms with E-state index in [4.69, 9.17) is 4.74 Å². The van der Waals surface area contributed by atoms with Crippen LogP contribution in [0.1, 0.15) is 15.9 Å². The minimum absolute atomic E-state index is 0.0610. The Morgan fingerprint density at radius 1 is 1.11 bits per heavy atom. The van der Waals surface area contributed by atoms with Crippen molar-refractivity contribution >= 4 is 11.5 Å². The molecule has 0 aliphatic rings. The van der Waals surface area contributed by atoms with Crippen molar-refractivity contribution in [3.8, 4) is 5.75 Å². The topological polar surface area (TPSA) is 38.3 Å². The first kappa shape index (κ1) is 13.1. The van der Waals surface area contributed by atoms with Crippen LogP contribution in [0.4, 0.5) is 5.69 Å². The summed E-state index contributed by atoms with van der Waals surface area (Å²) in [6.45, 7) is 2.30. The smallest absolute Gasteiger partial charge is 0.181 e. The number of ether oxygens (including phenoxy) is 1. The molecule has 0 aliphatic carbocycles. The molecule has 3 nitrogen and oxygen atoms in total. The van der Waals surface area contributed by atoms with Crippen LogP contribution in [-0.4, -0.2) is 19.4 Å². The van der Waals surface area contributed by atoms with E-state index in [-0.39, 0.29) is 12.3 Å². The molecular weight excluding hydrogens is 238 g/mol. The van der Waals surface area contributed by atoms with Crippen molar-refractivity contribution < 1.29 is 9.53 Å². The van der Waals surface area contributed by atoms with Crippen molar-refractivity contribution in [3.05, 3.63) is 59.7 Å². The standard InChI is InChI=1S/C16H17NO2/c1-12-5-3-4-6-15(12)17-11-16(18)13-7-9-14(19-2)10-8-13/h3-10,17H,11H2,1-2H3. The maximum absolute atomic E-state index is 12.0. The van der Waals surface area contributed by atoms with Gasteiger partial charge in [0.2, 0.25) is 0 Å². The van der Waals surface area contributed by atoms with Crippen LogP contribution in [0.15, 0.2) is 48.5 Å². The fourth-order valence-corrected chi connectivity index (χ4v) is 1.83. The molecule has 0 bridgehead atoms. The second-order valence-electron chi connectivity index (χ2n) is 4.32. The third kappa shape index (κ3) is 3.35. The molecule has 19 heavy (non-hydrogen) atoms. The molecule has 0 spiro atoms. The number of rotatable bonds is 5. The molecule has 0 aromatic heterocycles. The molecular formula is C16H17NO2. The lowest BCUT2D eigenvalue weighted by atomic mass is 10.1. The van der Waals surface area contributed by atoms with Crippen LogP contribution in [0.3, 0.4) is 0 Å². The van der Waals surface area contributed by atoms with Crippen LogP contribution < -0.4 is 10.1 Å². The van der Waals surface area contributed by atoms with Gasteiger partial charge in [-0.3, -0.25) is 4.79 Å². The lowest BCUT2D eigenvalue weighted by Crippen LogP contribution is -2.14. The van der Waals surface area contributed by atoms with Gasteiger partial charge in [0.1, 0.15) is 5.75 Å². The summed E-state index contributed by atoms with van der Waals surface area (Å²) in [5.41, 5.74) is 2.80. The third-order valence-corrected chi connectivity index (χ3v) is 3.00. The van der Waals surface area contributed by atoms with E-state index >= 15 is 0 Å². The molecule has 0 atom stereocenters. The number of ketones is 1. The summed E-state index contributed by atoms with van der Waals surface area (Å²) >= 11 is 0. The first-order chi connectivity index (χ1) is 9.20. The number of anilines is 1. The molecule has 0 fully saturated rings. The van der Waals surface area contributed by atoms with Gasteiger partial charge in [-0.1, -0.05) is 18.2 Å². The van der Waals surface area contributed by atoms with Gasteiger partial charge in [0.15, 0.2) is 5.78 Å². The van der Waals surface area contributed by atoms with E-state index in [1.54, 1.807) is 31.4 Å². The van der Waals surface area contributed by atoms with Gasteiger partial charge in [-0.2, -0.15) is 0 Å². The lowest BCUT2D eigenvalue weighted by Gasteiger charge is -2.08. The highest BCUT2D eigenvalue weighted by atomic mass is 16.5. The van der Waals surface area contributed by atoms with E-state index in [2.05, 4.69) is 5.32 Å². The number of aryl methyl sites for hydroxylation is 1. The summed E-state index contributed by atoms with van der Waals surface area (Å²) in [5.74, 6) is 0.814. The Kier molecular flexibility index (Phi) is 4.18. The number of carbonyl (C=O) groups is 1. The number of para-hydroxylation sites is 1. The van der Waals surface area contributed by atoms with Gasteiger partial charge in [0.05, 0.1) is 13.7 Å². The van der Waals surface area contributed by atoms with Crippen molar-refractivity contribution in [3.63, 3.8) is 0 Å². The number of methoxy groups -OCH3 is 1. The highest BCUT2D eigenvalue weighted by molar-refractivity contribution is 5.99. The van der Waals surface area contributed by atoms with Crippen molar-refractivity contribution in [1.82, 2.24) is 0 Å². The van der Waals surface area contributed by atoms with E-state index in [0.29, 0.717) is 5.56 Å². The number of nitrogens with one attached hydrogen (secondary N) is 1. The Labute approximate surface area is 113 Å². The zero-order valence-electron chi connectivity index (χ0n) is 11.1. The van der Waals surface area contributed by atoms with Crippen LogP contribution in [0.25, 0.3) is 0 Å². The molecule has 2 rings (SSSR count). The van der Waals surface area contributed by atoms with Gasteiger partial charge in [-0.15, -0.1) is 0 Å². The van der Waals surface area contributed by atoms with Crippen molar-refractivity contribution in [2.45, 2.75) is 6.92 Å². The molecule has 0 aliphatic heterocycles. The predicted octanol–water partition coefficient (Wildman–Crippen LogP) is 3.30. The van der Waals surface area contributed by atoms with E-state index in [9.17, 15) is 4.79 Å². The normalized spacial score (nSPS) is 10.0. The highest BCUT2D eigenvalue weighted by Gasteiger charge is 2.06. The monoisotopic (exact) mass is 255 g/mol. The fraction of sp³-hybridized carbons (Fsp3) is 0.188. The minimum atomic E-state index is 0.0610. The van der Waals surface area contributed by atoms with Gasteiger partial charge in [0.25, 0.3) is 0 Å². The first-order valence-electron chi connectivity index (χ1n) is 6.17. The van der Waals surface area contributed by atoms with Gasteiger partial charge in [0, 0.05) is 11.3 Å². The molecule has 0 radical (unpaired) electrons. The lowest BCUT2D eigenvalue weighted by molar-refractivity contribution is 0.101. The van der Waals surface area contributed by atoms with Crippen LogP contribution in [0.2, 0.25) is 0 Å². The van der Waals surface area contributed by atoms with Crippen molar-refractivity contribution in [1.29, 1.82) is 0 Å². The minimum Gasteiger partial charge on any atom is -0.497 e. The zero-order chi connectivity index (χ0) is 13.7. The average molecular weight is 255 g/mol. The van der Waals surface area contributed by atoms with Gasteiger partial charge in [-0.25, -0.2) is 0 Å². The van der Waals surface area contributed by atoms with Crippen LogP contribution in [0, 0.1) is 6.92 Å². The summed E-state index contributed by atoms with van der Waals surface area (Å²) < 4.78 is 5.07. The SMILES string of the molecule is COc1ccc(C(=O)CNc2ccccc2C)cc1. The molecule has 3 heteroatoms. The van der Waals surface area contributed by atoms with Gasteiger partial charge < -0.3 is 10.1 Å². The third-order valence-electron chi connectivity index (χ3n) is 3.00. The molecule has 0 saturated heterocycles. The Hall–Kier alpha value is -2.29. The maximum Gasteiger partial charge on any atom is 0.181 e. The molecule has 0 unspecified atom stereocenters. The fourth-order valence-electron chi connectivity index (χ4n) is 1.83. The zero-order valence-corrected chi connectivity index (χ0v) is 11.1. The molecule has 2 aromatic carbocycles. The first-order valence-corrected chi connectivity index (χ1v) is 6.17. The average Bonchev–Trinajstić information content (AvgIpc) is 2.46. The number of Topliss-reactive ketones (excluding diaryl/α,β-unsaturated/α-hetero) is 1.